The molecule has 2 aromatic rings. The van der Waals surface area contributed by atoms with Crippen molar-refractivity contribution in [1.82, 2.24) is 9.97 Å². The first kappa shape index (κ1) is 25.5. The summed E-state index contributed by atoms with van der Waals surface area (Å²) in [5.41, 5.74) is 5.90. The molecule has 1 saturated carbocycles. The van der Waals surface area contributed by atoms with Crippen LogP contribution < -0.4 is 11.1 Å². The highest BCUT2D eigenvalue weighted by molar-refractivity contribution is 7.91. The molecule has 1 heterocycles. The van der Waals surface area contributed by atoms with Crippen molar-refractivity contribution in [3.63, 3.8) is 0 Å². The van der Waals surface area contributed by atoms with Crippen molar-refractivity contribution >= 4 is 33.1 Å². The molecule has 2 atom stereocenters. The van der Waals surface area contributed by atoms with Crippen molar-refractivity contribution in [3.05, 3.63) is 42.2 Å². The lowest BCUT2D eigenvalue weighted by atomic mass is 10.1. The summed E-state index contributed by atoms with van der Waals surface area (Å²) in [4.78, 5) is 26.7. The number of sulfone groups is 1. The van der Waals surface area contributed by atoms with Gasteiger partial charge in [0, 0.05) is 32.8 Å². The second-order valence-corrected chi connectivity index (χ2v) is 9.92. The SMILES string of the molecule is COCCCS(=O)(=O)c1ccc(/C(=N\O[C@@H]2CC[C@@H](OC)C2)C(=O)Nc2cnc(N)cn2)cc1. The molecule has 0 bridgehead atoms. The lowest BCUT2D eigenvalue weighted by molar-refractivity contribution is -0.110. The Kier molecular flexibility index (Phi) is 8.91. The van der Waals surface area contributed by atoms with E-state index in [9.17, 15) is 13.2 Å². The summed E-state index contributed by atoms with van der Waals surface area (Å²) in [6.07, 6.45) is 5.17. The molecule has 3 rings (SSSR count). The normalized spacial score (nSPS) is 18.6. The van der Waals surface area contributed by atoms with E-state index in [-0.39, 0.29) is 40.2 Å². The van der Waals surface area contributed by atoms with Crippen molar-refractivity contribution in [2.45, 2.75) is 42.8 Å². The molecular formula is C22H29N5O6S. The van der Waals surface area contributed by atoms with Crippen molar-refractivity contribution in [3.8, 4) is 0 Å². The number of hydrogen-bond donors (Lipinski definition) is 2. The predicted molar refractivity (Wildman–Crippen MR) is 126 cm³/mol. The topological polar surface area (TPSA) is 155 Å². The number of anilines is 2. The third-order valence-electron chi connectivity index (χ3n) is 5.34. The fourth-order valence-corrected chi connectivity index (χ4v) is 4.76. The molecule has 1 amide bonds. The number of oxime groups is 1. The standard InChI is InChI=1S/C22H29N5O6S/c1-31-10-3-11-34(29,30)18-8-4-15(5-9-18)21(27-33-17-7-6-16(12-17)32-2)22(28)26-20-14-24-19(23)13-25-20/h4-5,8-9,13-14,16-17H,3,6-7,10-12H2,1-2H3,(H2,23,24)(H,25,26,28)/b27-21+/t16-,17-/m1/s1. The Labute approximate surface area is 198 Å². The maximum Gasteiger partial charge on any atom is 0.279 e. The first-order valence-corrected chi connectivity index (χ1v) is 12.4. The van der Waals surface area contributed by atoms with Gasteiger partial charge in [0.15, 0.2) is 21.4 Å². The van der Waals surface area contributed by atoms with E-state index in [1.54, 1.807) is 7.11 Å². The molecule has 0 saturated heterocycles. The molecule has 0 radical (unpaired) electrons. The largest absolute Gasteiger partial charge is 0.392 e. The van der Waals surface area contributed by atoms with Gasteiger partial charge in [-0.05, 0) is 31.4 Å². The molecule has 184 valence electrons. The average Bonchev–Trinajstić information content (AvgIpc) is 3.29. The molecule has 0 aliphatic heterocycles. The molecule has 34 heavy (non-hydrogen) atoms. The van der Waals surface area contributed by atoms with Crippen molar-refractivity contribution in [1.29, 1.82) is 0 Å². The highest BCUT2D eigenvalue weighted by atomic mass is 32.2. The third kappa shape index (κ3) is 6.95. The van der Waals surface area contributed by atoms with Gasteiger partial charge in [-0.15, -0.1) is 0 Å². The lowest BCUT2D eigenvalue weighted by Crippen LogP contribution is -2.25. The molecule has 0 unspecified atom stereocenters. The van der Waals surface area contributed by atoms with E-state index in [0.717, 1.165) is 12.8 Å². The molecule has 1 aromatic heterocycles. The Hall–Kier alpha value is -3.09. The van der Waals surface area contributed by atoms with E-state index in [1.165, 1.54) is 43.8 Å². The Morgan fingerprint density at radius 1 is 1.15 bits per heavy atom. The number of ether oxygens (including phenoxy) is 2. The van der Waals surface area contributed by atoms with E-state index >= 15 is 0 Å². The summed E-state index contributed by atoms with van der Waals surface area (Å²) in [5, 5.41) is 6.73. The van der Waals surface area contributed by atoms with Gasteiger partial charge in [0.05, 0.1) is 29.1 Å². The minimum absolute atomic E-state index is 0.0252. The van der Waals surface area contributed by atoms with E-state index in [0.29, 0.717) is 25.0 Å². The van der Waals surface area contributed by atoms with Crippen LogP contribution in [0.25, 0.3) is 0 Å². The number of aromatic nitrogens is 2. The minimum Gasteiger partial charge on any atom is -0.392 e. The minimum atomic E-state index is -3.48. The lowest BCUT2D eigenvalue weighted by Gasteiger charge is -2.12. The number of nitrogens with zero attached hydrogens (tertiary/aromatic N) is 3. The van der Waals surface area contributed by atoms with E-state index in [1.807, 2.05) is 0 Å². The summed E-state index contributed by atoms with van der Waals surface area (Å²) in [7, 11) is -0.311. The smallest absolute Gasteiger partial charge is 0.279 e. The van der Waals surface area contributed by atoms with Gasteiger partial charge >= 0.3 is 0 Å². The van der Waals surface area contributed by atoms with Gasteiger partial charge in [0.2, 0.25) is 0 Å². The highest BCUT2D eigenvalue weighted by Crippen LogP contribution is 2.24. The zero-order valence-corrected chi connectivity index (χ0v) is 20.0. The van der Waals surface area contributed by atoms with Gasteiger partial charge < -0.3 is 25.4 Å². The van der Waals surface area contributed by atoms with Crippen LogP contribution in [-0.2, 0) is 28.9 Å². The van der Waals surface area contributed by atoms with Crippen LogP contribution in [0.4, 0.5) is 11.6 Å². The van der Waals surface area contributed by atoms with Crippen LogP contribution >= 0.6 is 0 Å². The Balaban J connectivity index is 1.81. The van der Waals surface area contributed by atoms with E-state index in [4.69, 9.17) is 20.0 Å². The number of nitrogens with two attached hydrogens (primary N) is 1. The average molecular weight is 492 g/mol. The molecule has 12 heteroatoms. The second-order valence-electron chi connectivity index (χ2n) is 7.81. The van der Waals surface area contributed by atoms with Crippen molar-refractivity contribution in [2.75, 3.05) is 37.6 Å². The maximum absolute atomic E-state index is 13.0. The number of nitrogen functional groups attached to an aromatic ring is 1. The van der Waals surface area contributed by atoms with Crippen LogP contribution in [0.1, 0.15) is 31.2 Å². The van der Waals surface area contributed by atoms with Crippen LogP contribution in [0, 0.1) is 0 Å². The van der Waals surface area contributed by atoms with Gasteiger partial charge in [-0.2, -0.15) is 0 Å². The van der Waals surface area contributed by atoms with E-state index in [2.05, 4.69) is 20.4 Å². The summed E-state index contributed by atoms with van der Waals surface area (Å²) >= 11 is 0. The third-order valence-corrected chi connectivity index (χ3v) is 7.16. The number of nitrogens with one attached hydrogen (secondary N) is 1. The Bertz CT molecular complexity index is 1090. The van der Waals surface area contributed by atoms with Crippen LogP contribution in [0.15, 0.2) is 46.7 Å². The molecule has 1 aliphatic carbocycles. The van der Waals surface area contributed by atoms with Gasteiger partial charge in [-0.25, -0.2) is 18.4 Å². The van der Waals surface area contributed by atoms with Crippen molar-refractivity contribution in [2.24, 2.45) is 5.16 Å². The molecule has 1 fully saturated rings. The van der Waals surface area contributed by atoms with Gasteiger partial charge in [-0.1, -0.05) is 17.3 Å². The highest BCUT2D eigenvalue weighted by Gasteiger charge is 2.27. The monoisotopic (exact) mass is 491 g/mol. The summed E-state index contributed by atoms with van der Waals surface area (Å²) in [6, 6.07) is 5.93. The molecule has 11 nitrogen and oxygen atoms in total. The van der Waals surface area contributed by atoms with E-state index < -0.39 is 15.7 Å². The zero-order chi connectivity index (χ0) is 24.6. The number of amides is 1. The van der Waals surface area contributed by atoms with Crippen LogP contribution in [0.5, 0.6) is 0 Å². The van der Waals surface area contributed by atoms with Gasteiger partial charge in [0.1, 0.15) is 11.9 Å². The molecule has 3 N–H and O–H groups in total. The molecule has 1 aliphatic rings. The van der Waals surface area contributed by atoms with Crippen LogP contribution in [-0.4, -0.2) is 68.8 Å². The summed E-state index contributed by atoms with van der Waals surface area (Å²) < 4.78 is 35.3. The fourth-order valence-electron chi connectivity index (χ4n) is 3.47. The second kappa shape index (κ2) is 11.9. The van der Waals surface area contributed by atoms with Crippen LogP contribution in [0.2, 0.25) is 0 Å². The predicted octanol–water partition coefficient (Wildman–Crippen LogP) is 1.80. The van der Waals surface area contributed by atoms with Gasteiger partial charge in [-0.3, -0.25) is 4.79 Å². The number of hydrogen-bond acceptors (Lipinski definition) is 10. The fraction of sp³-hybridized carbons (Fsp3) is 0.455. The Morgan fingerprint density at radius 3 is 2.50 bits per heavy atom. The summed E-state index contributed by atoms with van der Waals surface area (Å²) in [5.74, 6) is -0.227. The molecular weight excluding hydrogens is 462 g/mol. The van der Waals surface area contributed by atoms with Gasteiger partial charge in [0.25, 0.3) is 5.91 Å². The number of carbonyl (C=O) groups excluding carboxylic acids is 1. The maximum atomic E-state index is 13.0. The zero-order valence-electron chi connectivity index (χ0n) is 19.1. The number of benzene rings is 1. The summed E-state index contributed by atoms with van der Waals surface area (Å²) in [6.45, 7) is 0.352. The van der Waals surface area contributed by atoms with Crippen molar-refractivity contribution < 1.29 is 27.5 Å². The van der Waals surface area contributed by atoms with Crippen LogP contribution in [0.3, 0.4) is 0 Å². The Morgan fingerprint density at radius 2 is 1.88 bits per heavy atom. The number of rotatable bonds is 11. The molecule has 1 aromatic carbocycles. The first-order valence-electron chi connectivity index (χ1n) is 10.8. The molecule has 0 spiro atoms. The first-order chi connectivity index (χ1) is 16.3. The number of methoxy groups -OCH3 is 2. The number of carbonyl (C=O) groups is 1. The quantitative estimate of drug-likeness (QED) is 0.272.